The first-order chi connectivity index (χ1) is 10.2. The Morgan fingerprint density at radius 3 is 2.95 bits per heavy atom. The molecule has 1 aliphatic heterocycles. The Kier molecular flexibility index (Phi) is 6.08. The van der Waals surface area contributed by atoms with Crippen LogP contribution in [0.4, 0.5) is 8.78 Å². The van der Waals surface area contributed by atoms with Gasteiger partial charge in [0, 0.05) is 31.8 Å². The molecule has 1 aromatic carbocycles. The van der Waals surface area contributed by atoms with Gasteiger partial charge in [0.05, 0.1) is 6.10 Å². The van der Waals surface area contributed by atoms with E-state index in [1.807, 2.05) is 0 Å². The van der Waals surface area contributed by atoms with Crippen LogP contribution in [-0.2, 0) is 4.74 Å². The molecule has 118 valence electrons. The fourth-order valence-electron chi connectivity index (χ4n) is 2.97. The first-order valence-corrected chi connectivity index (χ1v) is 7.52. The Balaban J connectivity index is 1.95. The van der Waals surface area contributed by atoms with E-state index in [0.29, 0.717) is 5.56 Å². The maximum atomic E-state index is 13.9. The second kappa shape index (κ2) is 7.82. The molecule has 0 aliphatic carbocycles. The predicted octanol–water partition coefficient (Wildman–Crippen LogP) is 2.73. The summed E-state index contributed by atoms with van der Waals surface area (Å²) in [7, 11) is 3.52. The Morgan fingerprint density at radius 1 is 1.43 bits per heavy atom. The molecule has 1 saturated heterocycles. The van der Waals surface area contributed by atoms with E-state index in [2.05, 4.69) is 10.2 Å². The van der Waals surface area contributed by atoms with Crippen molar-refractivity contribution in [1.82, 2.24) is 10.2 Å². The molecule has 0 aromatic heterocycles. The molecule has 2 rings (SSSR count). The molecule has 1 fully saturated rings. The van der Waals surface area contributed by atoms with E-state index in [4.69, 9.17) is 4.74 Å². The summed E-state index contributed by atoms with van der Waals surface area (Å²) < 4.78 is 32.6. The summed E-state index contributed by atoms with van der Waals surface area (Å²) in [5, 5.41) is 3.09. The third kappa shape index (κ3) is 4.22. The lowest BCUT2D eigenvalue weighted by atomic mass is 10.0. The molecule has 3 nitrogen and oxygen atoms in total. The van der Waals surface area contributed by atoms with Crippen molar-refractivity contribution >= 4 is 0 Å². The smallest absolute Gasteiger partial charge is 0.163 e. The van der Waals surface area contributed by atoms with Crippen molar-refractivity contribution in [2.75, 3.05) is 33.8 Å². The number of benzene rings is 1. The number of likely N-dealkylation sites (tertiary alicyclic amines) is 1. The van der Waals surface area contributed by atoms with Crippen molar-refractivity contribution in [1.29, 1.82) is 0 Å². The maximum Gasteiger partial charge on any atom is 0.163 e. The zero-order chi connectivity index (χ0) is 15.2. The van der Waals surface area contributed by atoms with Gasteiger partial charge in [-0.3, -0.25) is 0 Å². The van der Waals surface area contributed by atoms with E-state index in [1.165, 1.54) is 0 Å². The second-order valence-corrected chi connectivity index (χ2v) is 5.57. The van der Waals surface area contributed by atoms with E-state index in [1.54, 1.807) is 26.3 Å². The molecule has 21 heavy (non-hydrogen) atoms. The van der Waals surface area contributed by atoms with Crippen LogP contribution in [0.15, 0.2) is 18.2 Å². The number of hydrogen-bond donors (Lipinski definition) is 1. The summed E-state index contributed by atoms with van der Waals surface area (Å²) in [6, 6.07) is 4.18. The summed E-state index contributed by atoms with van der Waals surface area (Å²) in [5.41, 5.74) is 0.401. The molecule has 1 aliphatic rings. The molecule has 0 bridgehead atoms. The summed E-state index contributed by atoms with van der Waals surface area (Å²) in [6.45, 7) is 2.81. The molecule has 0 saturated carbocycles. The highest BCUT2D eigenvalue weighted by Crippen LogP contribution is 2.23. The third-order valence-electron chi connectivity index (χ3n) is 4.23. The quantitative estimate of drug-likeness (QED) is 0.874. The average molecular weight is 298 g/mol. The van der Waals surface area contributed by atoms with Gasteiger partial charge >= 0.3 is 0 Å². The number of ether oxygens (including phenoxy) is 1. The Bertz CT molecular complexity index is 456. The molecule has 0 spiro atoms. The molecule has 2 atom stereocenters. The summed E-state index contributed by atoms with van der Waals surface area (Å²) >= 11 is 0. The van der Waals surface area contributed by atoms with Gasteiger partial charge in [0.25, 0.3) is 0 Å². The average Bonchev–Trinajstić information content (AvgIpc) is 2.52. The van der Waals surface area contributed by atoms with Gasteiger partial charge in [-0.2, -0.15) is 0 Å². The number of rotatable bonds is 6. The zero-order valence-corrected chi connectivity index (χ0v) is 12.7. The van der Waals surface area contributed by atoms with Crippen LogP contribution in [0.5, 0.6) is 0 Å². The molecule has 1 heterocycles. The van der Waals surface area contributed by atoms with Crippen LogP contribution < -0.4 is 5.32 Å². The molecular formula is C16H24F2N2O. The van der Waals surface area contributed by atoms with Crippen LogP contribution in [0, 0.1) is 11.6 Å². The van der Waals surface area contributed by atoms with Crippen LogP contribution in [0.2, 0.25) is 0 Å². The number of halogens is 2. The predicted molar refractivity (Wildman–Crippen MR) is 79.2 cm³/mol. The van der Waals surface area contributed by atoms with Gasteiger partial charge in [-0.1, -0.05) is 12.1 Å². The summed E-state index contributed by atoms with van der Waals surface area (Å²) in [4.78, 5) is 2.33. The Hall–Kier alpha value is -1.04. The maximum absolute atomic E-state index is 13.9. The van der Waals surface area contributed by atoms with Gasteiger partial charge < -0.3 is 15.0 Å². The van der Waals surface area contributed by atoms with Crippen LogP contribution in [-0.4, -0.2) is 44.8 Å². The number of nitrogens with one attached hydrogen (secondary N) is 1. The van der Waals surface area contributed by atoms with Crippen molar-refractivity contribution in [3.63, 3.8) is 0 Å². The highest BCUT2D eigenvalue weighted by Gasteiger charge is 2.22. The standard InChI is InChI=1S/C16H24F2N2O/c1-19-15(13-6-3-7-14(17)16(13)18)8-10-20-9-4-5-12(11-20)21-2/h3,6-7,12,15,19H,4-5,8-11H2,1-2H3. The van der Waals surface area contributed by atoms with Crippen LogP contribution in [0.1, 0.15) is 30.9 Å². The largest absolute Gasteiger partial charge is 0.380 e. The van der Waals surface area contributed by atoms with Gasteiger partial charge in [0.1, 0.15) is 0 Å². The lowest BCUT2D eigenvalue weighted by Gasteiger charge is -2.32. The molecule has 2 unspecified atom stereocenters. The second-order valence-electron chi connectivity index (χ2n) is 5.57. The normalized spacial score (nSPS) is 21.4. The SMILES string of the molecule is CNC(CCN1CCCC(OC)C1)c1cccc(F)c1F. The lowest BCUT2D eigenvalue weighted by molar-refractivity contribution is 0.0301. The van der Waals surface area contributed by atoms with E-state index in [9.17, 15) is 8.78 Å². The summed E-state index contributed by atoms with van der Waals surface area (Å²) in [6.07, 6.45) is 3.25. The van der Waals surface area contributed by atoms with Gasteiger partial charge in [0.2, 0.25) is 0 Å². The molecule has 1 aromatic rings. The van der Waals surface area contributed by atoms with Gasteiger partial charge in [0.15, 0.2) is 11.6 Å². The van der Waals surface area contributed by atoms with Crippen molar-refractivity contribution in [2.24, 2.45) is 0 Å². The fraction of sp³-hybridized carbons (Fsp3) is 0.625. The van der Waals surface area contributed by atoms with Crippen molar-refractivity contribution in [2.45, 2.75) is 31.4 Å². The fourth-order valence-corrected chi connectivity index (χ4v) is 2.97. The Morgan fingerprint density at radius 2 is 2.24 bits per heavy atom. The Labute approximate surface area is 125 Å². The highest BCUT2D eigenvalue weighted by atomic mass is 19.2. The number of methoxy groups -OCH3 is 1. The third-order valence-corrected chi connectivity index (χ3v) is 4.23. The molecular weight excluding hydrogens is 274 g/mol. The van der Waals surface area contributed by atoms with E-state index < -0.39 is 11.6 Å². The minimum atomic E-state index is -0.787. The number of nitrogens with zero attached hydrogens (tertiary/aromatic N) is 1. The van der Waals surface area contributed by atoms with Crippen LogP contribution in [0.25, 0.3) is 0 Å². The van der Waals surface area contributed by atoms with Crippen molar-refractivity contribution < 1.29 is 13.5 Å². The monoisotopic (exact) mass is 298 g/mol. The van der Waals surface area contributed by atoms with Crippen molar-refractivity contribution in [3.05, 3.63) is 35.4 Å². The minimum Gasteiger partial charge on any atom is -0.380 e. The number of hydrogen-bond acceptors (Lipinski definition) is 3. The highest BCUT2D eigenvalue weighted by molar-refractivity contribution is 5.22. The minimum absolute atomic E-state index is 0.177. The van der Waals surface area contributed by atoms with E-state index >= 15 is 0 Å². The van der Waals surface area contributed by atoms with Gasteiger partial charge in [-0.15, -0.1) is 0 Å². The molecule has 5 heteroatoms. The first-order valence-electron chi connectivity index (χ1n) is 7.52. The lowest BCUT2D eigenvalue weighted by Crippen LogP contribution is -2.40. The van der Waals surface area contributed by atoms with E-state index in [-0.39, 0.29) is 12.1 Å². The van der Waals surface area contributed by atoms with Crippen LogP contribution in [0.3, 0.4) is 0 Å². The van der Waals surface area contributed by atoms with E-state index in [0.717, 1.165) is 45.0 Å². The first kappa shape index (κ1) is 16.3. The topological polar surface area (TPSA) is 24.5 Å². The molecule has 0 radical (unpaired) electrons. The molecule has 0 amide bonds. The number of piperidine rings is 1. The zero-order valence-electron chi connectivity index (χ0n) is 12.7. The van der Waals surface area contributed by atoms with Crippen LogP contribution >= 0.6 is 0 Å². The van der Waals surface area contributed by atoms with Gasteiger partial charge in [-0.25, -0.2) is 8.78 Å². The molecule has 1 N–H and O–H groups in total. The van der Waals surface area contributed by atoms with Crippen molar-refractivity contribution in [3.8, 4) is 0 Å². The van der Waals surface area contributed by atoms with Gasteiger partial charge in [-0.05, 0) is 38.9 Å². The summed E-state index contributed by atoms with van der Waals surface area (Å²) in [5.74, 6) is -1.53.